The van der Waals surface area contributed by atoms with Crippen molar-refractivity contribution in [3.63, 3.8) is 0 Å². The molecule has 0 spiro atoms. The first-order valence-corrected chi connectivity index (χ1v) is 7.43. The second-order valence-electron chi connectivity index (χ2n) is 6.06. The molecule has 2 rings (SSSR count). The number of hydrogen-bond acceptors (Lipinski definition) is 1. The summed E-state index contributed by atoms with van der Waals surface area (Å²) in [6.45, 7) is 8.52. The molecule has 2 aromatic carbocycles. The largest absolute Gasteiger partial charge is 0.322 e. The van der Waals surface area contributed by atoms with Crippen molar-refractivity contribution in [1.82, 2.24) is 0 Å². The molecular formula is C19H23NO. The van der Waals surface area contributed by atoms with Gasteiger partial charge >= 0.3 is 0 Å². The SMILES string of the molecule is Cc1cccc(C(=O)Nc2ccc(C)c(CC(C)C)c2)c1. The van der Waals surface area contributed by atoms with Crippen molar-refractivity contribution >= 4 is 11.6 Å². The fraction of sp³-hybridized carbons (Fsp3) is 0.316. The molecule has 0 atom stereocenters. The van der Waals surface area contributed by atoms with Gasteiger partial charge in [0, 0.05) is 11.3 Å². The van der Waals surface area contributed by atoms with E-state index in [1.807, 2.05) is 37.3 Å². The third-order valence-corrected chi connectivity index (χ3v) is 3.52. The Morgan fingerprint density at radius 1 is 1.10 bits per heavy atom. The van der Waals surface area contributed by atoms with Crippen molar-refractivity contribution in [1.29, 1.82) is 0 Å². The predicted molar refractivity (Wildman–Crippen MR) is 88.9 cm³/mol. The molecule has 2 heteroatoms. The average Bonchev–Trinajstić information content (AvgIpc) is 2.42. The summed E-state index contributed by atoms with van der Waals surface area (Å²) in [5, 5.41) is 2.99. The molecule has 0 radical (unpaired) electrons. The van der Waals surface area contributed by atoms with Crippen LogP contribution in [0.2, 0.25) is 0 Å². The quantitative estimate of drug-likeness (QED) is 0.860. The highest BCUT2D eigenvalue weighted by Gasteiger charge is 2.08. The zero-order chi connectivity index (χ0) is 15.4. The van der Waals surface area contributed by atoms with E-state index in [2.05, 4.69) is 38.2 Å². The van der Waals surface area contributed by atoms with E-state index >= 15 is 0 Å². The maximum Gasteiger partial charge on any atom is 0.255 e. The van der Waals surface area contributed by atoms with Gasteiger partial charge in [0.2, 0.25) is 0 Å². The van der Waals surface area contributed by atoms with Gasteiger partial charge in [-0.25, -0.2) is 0 Å². The molecule has 0 saturated carbocycles. The summed E-state index contributed by atoms with van der Waals surface area (Å²) in [4.78, 5) is 12.3. The number of hydrogen-bond donors (Lipinski definition) is 1. The van der Waals surface area contributed by atoms with Crippen molar-refractivity contribution in [3.05, 3.63) is 64.7 Å². The Morgan fingerprint density at radius 3 is 2.52 bits per heavy atom. The maximum absolute atomic E-state index is 12.3. The lowest BCUT2D eigenvalue weighted by atomic mass is 9.98. The van der Waals surface area contributed by atoms with Crippen molar-refractivity contribution in [2.45, 2.75) is 34.1 Å². The number of aryl methyl sites for hydroxylation is 2. The minimum Gasteiger partial charge on any atom is -0.322 e. The molecule has 110 valence electrons. The van der Waals surface area contributed by atoms with Crippen LogP contribution in [0.5, 0.6) is 0 Å². The van der Waals surface area contributed by atoms with Crippen molar-refractivity contribution in [3.8, 4) is 0 Å². The van der Waals surface area contributed by atoms with E-state index in [1.165, 1.54) is 11.1 Å². The van der Waals surface area contributed by atoms with Gasteiger partial charge in [-0.05, 0) is 61.6 Å². The Balaban J connectivity index is 2.17. The minimum absolute atomic E-state index is 0.0574. The number of benzene rings is 2. The molecular weight excluding hydrogens is 258 g/mol. The molecule has 0 aliphatic carbocycles. The van der Waals surface area contributed by atoms with Crippen LogP contribution in [0, 0.1) is 19.8 Å². The van der Waals surface area contributed by atoms with Gasteiger partial charge in [-0.15, -0.1) is 0 Å². The van der Waals surface area contributed by atoms with E-state index in [4.69, 9.17) is 0 Å². The monoisotopic (exact) mass is 281 g/mol. The van der Waals surface area contributed by atoms with Crippen LogP contribution in [0.4, 0.5) is 5.69 Å². The Hall–Kier alpha value is -2.09. The van der Waals surface area contributed by atoms with E-state index in [0.717, 1.165) is 17.7 Å². The number of nitrogens with one attached hydrogen (secondary N) is 1. The Kier molecular flexibility index (Phi) is 4.79. The summed E-state index contributed by atoms with van der Waals surface area (Å²) in [5.74, 6) is 0.546. The maximum atomic E-state index is 12.3. The van der Waals surface area contributed by atoms with Crippen LogP contribution in [0.1, 0.15) is 40.9 Å². The Bertz CT molecular complexity index is 644. The highest BCUT2D eigenvalue weighted by molar-refractivity contribution is 6.04. The molecule has 0 aliphatic heterocycles. The lowest BCUT2D eigenvalue weighted by Crippen LogP contribution is -2.12. The molecule has 21 heavy (non-hydrogen) atoms. The number of amides is 1. The molecule has 1 N–H and O–H groups in total. The lowest BCUT2D eigenvalue weighted by molar-refractivity contribution is 0.102. The fourth-order valence-corrected chi connectivity index (χ4v) is 2.40. The predicted octanol–water partition coefficient (Wildman–Crippen LogP) is 4.75. The fourth-order valence-electron chi connectivity index (χ4n) is 2.40. The molecule has 0 aromatic heterocycles. The number of carbonyl (C=O) groups excluding carboxylic acids is 1. The summed E-state index contributed by atoms with van der Waals surface area (Å²) in [5.41, 5.74) is 5.22. The van der Waals surface area contributed by atoms with Gasteiger partial charge in [0.1, 0.15) is 0 Å². The third-order valence-electron chi connectivity index (χ3n) is 3.52. The first-order valence-electron chi connectivity index (χ1n) is 7.43. The van der Waals surface area contributed by atoms with E-state index in [0.29, 0.717) is 11.5 Å². The zero-order valence-corrected chi connectivity index (χ0v) is 13.2. The van der Waals surface area contributed by atoms with Gasteiger partial charge < -0.3 is 5.32 Å². The standard InChI is InChI=1S/C19H23NO/c1-13(2)10-17-12-18(9-8-15(17)4)20-19(21)16-7-5-6-14(3)11-16/h5-9,11-13H,10H2,1-4H3,(H,20,21). The van der Waals surface area contributed by atoms with Gasteiger partial charge in [0.25, 0.3) is 5.91 Å². The van der Waals surface area contributed by atoms with Gasteiger partial charge in [-0.3, -0.25) is 4.79 Å². The van der Waals surface area contributed by atoms with E-state index in [-0.39, 0.29) is 5.91 Å². The third kappa shape index (κ3) is 4.19. The average molecular weight is 281 g/mol. The van der Waals surface area contributed by atoms with Crippen LogP contribution in [-0.4, -0.2) is 5.91 Å². The molecule has 0 aliphatic rings. The second kappa shape index (κ2) is 6.57. The highest BCUT2D eigenvalue weighted by Crippen LogP contribution is 2.19. The number of anilines is 1. The molecule has 0 saturated heterocycles. The van der Waals surface area contributed by atoms with Gasteiger partial charge in [0.05, 0.1) is 0 Å². The van der Waals surface area contributed by atoms with E-state index in [1.54, 1.807) is 0 Å². The van der Waals surface area contributed by atoms with Crippen LogP contribution in [-0.2, 0) is 6.42 Å². The second-order valence-corrected chi connectivity index (χ2v) is 6.06. The summed E-state index contributed by atoms with van der Waals surface area (Å²) in [6.07, 6.45) is 1.03. The highest BCUT2D eigenvalue weighted by atomic mass is 16.1. The van der Waals surface area contributed by atoms with Crippen LogP contribution in [0.3, 0.4) is 0 Å². The molecule has 2 aromatic rings. The smallest absolute Gasteiger partial charge is 0.255 e. The van der Waals surface area contributed by atoms with Crippen LogP contribution in [0.25, 0.3) is 0 Å². The van der Waals surface area contributed by atoms with E-state index in [9.17, 15) is 4.79 Å². The molecule has 0 unspecified atom stereocenters. The summed E-state index contributed by atoms with van der Waals surface area (Å²) in [6, 6.07) is 13.8. The van der Waals surface area contributed by atoms with Crippen molar-refractivity contribution < 1.29 is 4.79 Å². The van der Waals surface area contributed by atoms with E-state index < -0.39 is 0 Å². The molecule has 0 bridgehead atoms. The van der Waals surface area contributed by atoms with Gasteiger partial charge in [-0.1, -0.05) is 37.6 Å². The zero-order valence-electron chi connectivity index (χ0n) is 13.2. The summed E-state index contributed by atoms with van der Waals surface area (Å²) >= 11 is 0. The number of carbonyl (C=O) groups is 1. The van der Waals surface area contributed by atoms with Crippen LogP contribution >= 0.6 is 0 Å². The van der Waals surface area contributed by atoms with Crippen LogP contribution in [0.15, 0.2) is 42.5 Å². The Labute approximate surface area is 127 Å². The minimum atomic E-state index is -0.0574. The normalized spacial score (nSPS) is 10.7. The molecule has 2 nitrogen and oxygen atoms in total. The molecule has 1 amide bonds. The van der Waals surface area contributed by atoms with Crippen molar-refractivity contribution in [2.75, 3.05) is 5.32 Å². The lowest BCUT2D eigenvalue weighted by Gasteiger charge is -2.12. The first kappa shape index (κ1) is 15.3. The van der Waals surface area contributed by atoms with Gasteiger partial charge in [-0.2, -0.15) is 0 Å². The van der Waals surface area contributed by atoms with Crippen LogP contribution < -0.4 is 5.32 Å². The molecule has 0 fully saturated rings. The summed E-state index contributed by atoms with van der Waals surface area (Å²) in [7, 11) is 0. The Morgan fingerprint density at radius 2 is 1.86 bits per heavy atom. The molecule has 0 heterocycles. The topological polar surface area (TPSA) is 29.1 Å². The first-order chi connectivity index (χ1) is 9.95. The van der Waals surface area contributed by atoms with Crippen molar-refractivity contribution in [2.24, 2.45) is 5.92 Å². The number of rotatable bonds is 4. The van der Waals surface area contributed by atoms with Gasteiger partial charge in [0.15, 0.2) is 0 Å². The summed E-state index contributed by atoms with van der Waals surface area (Å²) < 4.78 is 0.